The van der Waals surface area contributed by atoms with Crippen molar-refractivity contribution in [2.75, 3.05) is 6.61 Å². The topological polar surface area (TPSA) is 50.1 Å². The van der Waals surface area contributed by atoms with E-state index < -0.39 is 0 Å². The molecule has 0 unspecified atom stereocenters. The standard InChI is InChI=1S/C15H19N3OS/c1-18-9-12(15(17-18)14-3-2-6-20-14)8-16-13-5-4-11(7-13)10-19/h2-6,9,11,13,16,19H,7-8,10H2,1H3/t11-,13+/m0/s1. The van der Waals surface area contributed by atoms with Crippen molar-refractivity contribution in [1.82, 2.24) is 15.1 Å². The molecule has 2 atom stereocenters. The van der Waals surface area contributed by atoms with Gasteiger partial charge in [-0.1, -0.05) is 18.2 Å². The molecule has 0 radical (unpaired) electrons. The molecule has 20 heavy (non-hydrogen) atoms. The minimum Gasteiger partial charge on any atom is -0.396 e. The van der Waals surface area contributed by atoms with Gasteiger partial charge in [-0.15, -0.1) is 11.3 Å². The van der Waals surface area contributed by atoms with E-state index >= 15 is 0 Å². The van der Waals surface area contributed by atoms with E-state index in [2.05, 4.69) is 46.3 Å². The second-order valence-corrected chi connectivity index (χ2v) is 6.15. The van der Waals surface area contributed by atoms with Crippen LogP contribution in [0, 0.1) is 5.92 Å². The number of nitrogens with zero attached hydrogens (tertiary/aromatic N) is 2. The van der Waals surface area contributed by atoms with Crippen molar-refractivity contribution in [2.24, 2.45) is 13.0 Å². The number of aliphatic hydroxyl groups is 1. The van der Waals surface area contributed by atoms with Crippen LogP contribution >= 0.6 is 11.3 Å². The number of rotatable bonds is 5. The first-order valence-electron chi connectivity index (χ1n) is 6.85. The highest BCUT2D eigenvalue weighted by atomic mass is 32.1. The van der Waals surface area contributed by atoms with Crippen LogP contribution in [0.2, 0.25) is 0 Å². The summed E-state index contributed by atoms with van der Waals surface area (Å²) in [4.78, 5) is 1.21. The molecular formula is C15H19N3OS. The summed E-state index contributed by atoms with van der Waals surface area (Å²) in [6.45, 7) is 1.04. The smallest absolute Gasteiger partial charge is 0.107 e. The van der Waals surface area contributed by atoms with Gasteiger partial charge in [0.25, 0.3) is 0 Å². The van der Waals surface area contributed by atoms with Gasteiger partial charge in [0.2, 0.25) is 0 Å². The van der Waals surface area contributed by atoms with Gasteiger partial charge in [0.05, 0.1) is 4.88 Å². The first-order chi connectivity index (χ1) is 9.76. The molecule has 0 aromatic carbocycles. The first kappa shape index (κ1) is 13.5. The molecule has 0 aliphatic heterocycles. The Labute approximate surface area is 122 Å². The zero-order valence-corrected chi connectivity index (χ0v) is 12.3. The predicted octanol–water partition coefficient (Wildman–Crippen LogP) is 2.18. The van der Waals surface area contributed by atoms with Gasteiger partial charge in [0.15, 0.2) is 0 Å². The van der Waals surface area contributed by atoms with Crippen molar-refractivity contribution in [3.8, 4) is 10.6 Å². The number of aliphatic hydroxyl groups excluding tert-OH is 1. The number of hydrogen-bond acceptors (Lipinski definition) is 4. The lowest BCUT2D eigenvalue weighted by Gasteiger charge is -2.12. The predicted molar refractivity (Wildman–Crippen MR) is 81.5 cm³/mol. The average Bonchev–Trinajstić information content (AvgIpc) is 3.16. The van der Waals surface area contributed by atoms with Crippen LogP contribution in [0.1, 0.15) is 12.0 Å². The Hall–Kier alpha value is -1.43. The van der Waals surface area contributed by atoms with Gasteiger partial charge in [-0.2, -0.15) is 5.10 Å². The van der Waals surface area contributed by atoms with Crippen LogP contribution in [0.5, 0.6) is 0 Å². The summed E-state index contributed by atoms with van der Waals surface area (Å²) in [7, 11) is 1.96. The molecule has 0 spiro atoms. The van der Waals surface area contributed by atoms with Crippen molar-refractivity contribution >= 4 is 11.3 Å². The van der Waals surface area contributed by atoms with Gasteiger partial charge in [-0.05, 0) is 17.9 Å². The molecule has 1 aliphatic rings. The van der Waals surface area contributed by atoms with Crippen LogP contribution < -0.4 is 5.32 Å². The Kier molecular flexibility index (Phi) is 4.00. The fraction of sp³-hybridized carbons (Fsp3) is 0.400. The summed E-state index contributed by atoms with van der Waals surface area (Å²) >= 11 is 1.71. The maximum absolute atomic E-state index is 9.15. The molecule has 0 fully saturated rings. The Morgan fingerprint density at radius 3 is 3.10 bits per heavy atom. The summed E-state index contributed by atoms with van der Waals surface area (Å²) in [5.41, 5.74) is 2.28. The highest BCUT2D eigenvalue weighted by Gasteiger charge is 2.18. The summed E-state index contributed by atoms with van der Waals surface area (Å²) in [5.74, 6) is 0.304. The molecule has 2 aromatic heterocycles. The fourth-order valence-corrected chi connectivity index (χ4v) is 3.33. The third-order valence-corrected chi connectivity index (χ3v) is 4.50. The molecular weight excluding hydrogens is 270 g/mol. The third-order valence-electron chi connectivity index (χ3n) is 3.62. The molecule has 1 aliphatic carbocycles. The summed E-state index contributed by atoms with van der Waals surface area (Å²) in [6, 6.07) is 4.51. The van der Waals surface area contributed by atoms with E-state index in [1.807, 2.05) is 11.7 Å². The number of nitrogens with one attached hydrogen (secondary N) is 1. The van der Waals surface area contributed by atoms with E-state index in [-0.39, 0.29) is 6.61 Å². The third kappa shape index (κ3) is 2.85. The molecule has 4 nitrogen and oxygen atoms in total. The van der Waals surface area contributed by atoms with Crippen LogP contribution in [-0.2, 0) is 13.6 Å². The number of aryl methyl sites for hydroxylation is 1. The number of aromatic nitrogens is 2. The van der Waals surface area contributed by atoms with Crippen LogP contribution in [0.25, 0.3) is 10.6 Å². The van der Waals surface area contributed by atoms with Crippen LogP contribution in [0.3, 0.4) is 0 Å². The summed E-state index contributed by atoms with van der Waals surface area (Å²) in [6.07, 6.45) is 7.30. The highest BCUT2D eigenvalue weighted by Crippen LogP contribution is 2.26. The maximum atomic E-state index is 9.15. The van der Waals surface area contributed by atoms with Gasteiger partial charge in [-0.25, -0.2) is 0 Å². The van der Waals surface area contributed by atoms with E-state index in [9.17, 15) is 0 Å². The normalized spacial score (nSPS) is 21.7. The quantitative estimate of drug-likeness (QED) is 0.830. The molecule has 0 saturated carbocycles. The molecule has 0 saturated heterocycles. The second kappa shape index (κ2) is 5.91. The molecule has 106 valence electrons. The van der Waals surface area contributed by atoms with E-state index in [1.54, 1.807) is 11.3 Å². The monoisotopic (exact) mass is 289 g/mol. The SMILES string of the molecule is Cn1cc(CN[C@@H]2C=C[C@H](CO)C2)c(-c2cccs2)n1. The molecule has 0 amide bonds. The molecule has 0 bridgehead atoms. The lowest BCUT2D eigenvalue weighted by molar-refractivity contribution is 0.246. The van der Waals surface area contributed by atoms with E-state index in [0.717, 1.165) is 18.7 Å². The Balaban J connectivity index is 1.68. The van der Waals surface area contributed by atoms with E-state index in [1.165, 1.54) is 10.4 Å². The zero-order chi connectivity index (χ0) is 13.9. The van der Waals surface area contributed by atoms with Crippen LogP contribution in [0.4, 0.5) is 0 Å². The van der Waals surface area contributed by atoms with Crippen molar-refractivity contribution < 1.29 is 5.11 Å². The molecule has 2 heterocycles. The second-order valence-electron chi connectivity index (χ2n) is 5.20. The lowest BCUT2D eigenvalue weighted by atomic mass is 10.1. The minimum atomic E-state index is 0.238. The largest absolute Gasteiger partial charge is 0.396 e. The lowest BCUT2D eigenvalue weighted by Crippen LogP contribution is -2.26. The number of hydrogen-bond donors (Lipinski definition) is 2. The highest BCUT2D eigenvalue weighted by molar-refractivity contribution is 7.13. The average molecular weight is 289 g/mol. The van der Waals surface area contributed by atoms with Gasteiger partial charge in [-0.3, -0.25) is 4.68 Å². The van der Waals surface area contributed by atoms with Crippen LogP contribution in [0.15, 0.2) is 35.9 Å². The molecule has 3 rings (SSSR count). The van der Waals surface area contributed by atoms with Crippen molar-refractivity contribution in [3.63, 3.8) is 0 Å². The Morgan fingerprint density at radius 2 is 2.40 bits per heavy atom. The fourth-order valence-electron chi connectivity index (χ4n) is 2.59. The van der Waals surface area contributed by atoms with E-state index in [4.69, 9.17) is 5.11 Å². The van der Waals surface area contributed by atoms with Crippen LogP contribution in [-0.4, -0.2) is 27.5 Å². The molecule has 2 N–H and O–H groups in total. The molecule has 2 aromatic rings. The summed E-state index contributed by atoms with van der Waals surface area (Å²) in [5, 5.41) is 19.3. The van der Waals surface area contributed by atoms with Gasteiger partial charge >= 0.3 is 0 Å². The number of thiophene rings is 1. The van der Waals surface area contributed by atoms with E-state index in [0.29, 0.717) is 12.0 Å². The zero-order valence-electron chi connectivity index (χ0n) is 11.5. The van der Waals surface area contributed by atoms with Gasteiger partial charge < -0.3 is 10.4 Å². The van der Waals surface area contributed by atoms with Gasteiger partial charge in [0, 0.05) is 43.9 Å². The van der Waals surface area contributed by atoms with Gasteiger partial charge in [0.1, 0.15) is 5.69 Å². The Bertz CT molecular complexity index is 588. The van der Waals surface area contributed by atoms with Crippen molar-refractivity contribution in [2.45, 2.75) is 19.0 Å². The Morgan fingerprint density at radius 1 is 1.50 bits per heavy atom. The van der Waals surface area contributed by atoms with Crippen molar-refractivity contribution in [1.29, 1.82) is 0 Å². The van der Waals surface area contributed by atoms with Crippen molar-refractivity contribution in [3.05, 3.63) is 41.4 Å². The first-order valence-corrected chi connectivity index (χ1v) is 7.73. The summed E-state index contributed by atoms with van der Waals surface area (Å²) < 4.78 is 1.87. The maximum Gasteiger partial charge on any atom is 0.107 e. The molecule has 5 heteroatoms. The minimum absolute atomic E-state index is 0.238.